The SMILES string of the molecule is O=C1CSC(c2cccc(OC(F)(F)F)c2)N1Cn1cnc2ccccc21. The Morgan fingerprint density at radius 1 is 1.19 bits per heavy atom. The summed E-state index contributed by atoms with van der Waals surface area (Å²) in [6.07, 6.45) is -3.10. The quantitative estimate of drug-likeness (QED) is 0.668. The van der Waals surface area contributed by atoms with E-state index in [1.54, 1.807) is 17.3 Å². The molecule has 1 aromatic heterocycles. The zero-order valence-electron chi connectivity index (χ0n) is 13.9. The van der Waals surface area contributed by atoms with Crippen LogP contribution in [-0.4, -0.2) is 32.5 Å². The highest BCUT2D eigenvalue weighted by molar-refractivity contribution is 8.00. The molecule has 5 nitrogen and oxygen atoms in total. The summed E-state index contributed by atoms with van der Waals surface area (Å²) in [5, 5.41) is -0.393. The van der Waals surface area contributed by atoms with E-state index in [2.05, 4.69) is 9.72 Å². The van der Waals surface area contributed by atoms with Crippen LogP contribution in [0.25, 0.3) is 11.0 Å². The number of hydrogen-bond acceptors (Lipinski definition) is 4. The lowest BCUT2D eigenvalue weighted by Gasteiger charge is -2.25. The number of carbonyl (C=O) groups excluding carboxylic acids is 1. The molecule has 9 heteroatoms. The molecule has 27 heavy (non-hydrogen) atoms. The van der Waals surface area contributed by atoms with E-state index < -0.39 is 11.7 Å². The highest BCUT2D eigenvalue weighted by Gasteiger charge is 2.35. The molecular weight excluding hydrogens is 379 g/mol. The van der Waals surface area contributed by atoms with Crippen LogP contribution in [0.3, 0.4) is 0 Å². The van der Waals surface area contributed by atoms with Gasteiger partial charge in [-0.05, 0) is 29.8 Å². The van der Waals surface area contributed by atoms with Gasteiger partial charge in [-0.1, -0.05) is 24.3 Å². The topological polar surface area (TPSA) is 47.4 Å². The molecule has 1 aliphatic heterocycles. The number of halogens is 3. The van der Waals surface area contributed by atoms with E-state index in [1.807, 2.05) is 28.8 Å². The molecule has 0 N–H and O–H groups in total. The first kappa shape index (κ1) is 17.7. The minimum absolute atomic E-state index is 0.0788. The van der Waals surface area contributed by atoms with Gasteiger partial charge in [-0.15, -0.1) is 24.9 Å². The van der Waals surface area contributed by atoms with Crippen molar-refractivity contribution in [2.24, 2.45) is 0 Å². The largest absolute Gasteiger partial charge is 0.573 e. The van der Waals surface area contributed by atoms with Gasteiger partial charge in [0.1, 0.15) is 17.8 Å². The van der Waals surface area contributed by atoms with E-state index in [0.29, 0.717) is 5.56 Å². The van der Waals surface area contributed by atoms with Crippen molar-refractivity contribution in [1.29, 1.82) is 0 Å². The summed E-state index contributed by atoms with van der Waals surface area (Å²) in [4.78, 5) is 18.3. The molecule has 2 aromatic carbocycles. The summed E-state index contributed by atoms with van der Waals surface area (Å²) in [5.74, 6) is -0.111. The molecule has 1 fully saturated rings. The summed E-state index contributed by atoms with van der Waals surface area (Å²) in [6, 6.07) is 13.3. The standard InChI is InChI=1S/C18H14F3N3O2S/c19-18(20,21)26-13-5-3-4-12(8-13)17-24(16(25)9-27-17)11-23-10-22-14-6-1-2-7-15(14)23/h1-8,10,17H,9,11H2. The predicted octanol–water partition coefficient (Wildman–Crippen LogP) is 4.17. The molecular formula is C18H14F3N3O2S. The van der Waals surface area contributed by atoms with Crippen LogP contribution in [0.15, 0.2) is 54.9 Å². The molecule has 0 bridgehead atoms. The average Bonchev–Trinajstić information content (AvgIpc) is 3.19. The van der Waals surface area contributed by atoms with Crippen molar-refractivity contribution in [1.82, 2.24) is 14.5 Å². The monoisotopic (exact) mass is 393 g/mol. The van der Waals surface area contributed by atoms with Crippen molar-refractivity contribution in [3.63, 3.8) is 0 Å². The fraction of sp³-hybridized carbons (Fsp3) is 0.222. The number of benzene rings is 2. The minimum atomic E-state index is -4.76. The van der Waals surface area contributed by atoms with Crippen LogP contribution in [0.2, 0.25) is 0 Å². The number of ether oxygens (including phenoxy) is 1. The van der Waals surface area contributed by atoms with Crippen LogP contribution >= 0.6 is 11.8 Å². The third-order valence-corrected chi connectivity index (χ3v) is 5.43. The molecule has 0 radical (unpaired) electrons. The maximum Gasteiger partial charge on any atom is 0.573 e. The number of nitrogens with zero attached hydrogens (tertiary/aromatic N) is 3. The van der Waals surface area contributed by atoms with Crippen molar-refractivity contribution >= 4 is 28.7 Å². The Morgan fingerprint density at radius 3 is 2.81 bits per heavy atom. The maximum absolute atomic E-state index is 12.5. The molecule has 0 aliphatic carbocycles. The number of rotatable bonds is 4. The first-order valence-electron chi connectivity index (χ1n) is 8.07. The normalized spacial score (nSPS) is 17.7. The lowest BCUT2D eigenvalue weighted by molar-refractivity contribution is -0.274. The van der Waals surface area contributed by atoms with Crippen molar-refractivity contribution in [2.75, 3.05) is 5.75 Å². The fourth-order valence-corrected chi connectivity index (χ4v) is 4.21. The summed E-state index contributed by atoms with van der Waals surface area (Å²) in [6.45, 7) is 0.265. The number of carbonyl (C=O) groups is 1. The van der Waals surface area contributed by atoms with Gasteiger partial charge in [0.15, 0.2) is 0 Å². The van der Waals surface area contributed by atoms with E-state index in [1.165, 1.54) is 30.0 Å². The number of amides is 1. The molecule has 4 rings (SSSR count). The van der Waals surface area contributed by atoms with Gasteiger partial charge in [0.2, 0.25) is 5.91 Å². The van der Waals surface area contributed by atoms with Gasteiger partial charge in [-0.3, -0.25) is 4.79 Å². The van der Waals surface area contributed by atoms with Gasteiger partial charge in [0.05, 0.1) is 23.1 Å². The van der Waals surface area contributed by atoms with E-state index in [0.717, 1.165) is 11.0 Å². The van der Waals surface area contributed by atoms with Gasteiger partial charge in [-0.2, -0.15) is 0 Å². The number of alkyl halides is 3. The van der Waals surface area contributed by atoms with E-state index in [-0.39, 0.29) is 24.1 Å². The van der Waals surface area contributed by atoms with E-state index >= 15 is 0 Å². The fourth-order valence-electron chi connectivity index (χ4n) is 3.04. The Morgan fingerprint density at radius 2 is 2.00 bits per heavy atom. The Kier molecular flexibility index (Phi) is 4.47. The number of para-hydroxylation sites is 2. The second-order valence-corrected chi connectivity index (χ2v) is 7.06. The second kappa shape index (κ2) is 6.80. The third kappa shape index (κ3) is 3.73. The van der Waals surface area contributed by atoms with Crippen LogP contribution in [0.5, 0.6) is 5.75 Å². The molecule has 0 saturated carbocycles. The van der Waals surface area contributed by atoms with Gasteiger partial charge >= 0.3 is 6.36 Å². The van der Waals surface area contributed by atoms with Crippen molar-refractivity contribution < 1.29 is 22.7 Å². The first-order valence-corrected chi connectivity index (χ1v) is 9.12. The van der Waals surface area contributed by atoms with Gasteiger partial charge in [0, 0.05) is 0 Å². The van der Waals surface area contributed by atoms with Crippen LogP contribution in [0, 0.1) is 0 Å². The zero-order chi connectivity index (χ0) is 19.0. The molecule has 1 atom stereocenters. The molecule has 3 aromatic rings. The maximum atomic E-state index is 12.5. The smallest absolute Gasteiger partial charge is 0.406 e. The van der Waals surface area contributed by atoms with E-state index in [4.69, 9.17) is 0 Å². The number of imidazole rings is 1. The molecule has 0 spiro atoms. The highest BCUT2D eigenvalue weighted by Crippen LogP contribution is 2.40. The van der Waals surface area contributed by atoms with E-state index in [9.17, 15) is 18.0 Å². The summed E-state index contributed by atoms with van der Waals surface area (Å²) < 4.78 is 43.3. The van der Waals surface area contributed by atoms with Crippen molar-refractivity contribution in [3.8, 4) is 5.75 Å². The number of hydrogen-bond donors (Lipinski definition) is 0. The average molecular weight is 393 g/mol. The van der Waals surface area contributed by atoms with Crippen LogP contribution < -0.4 is 4.74 Å². The molecule has 1 saturated heterocycles. The lowest BCUT2D eigenvalue weighted by Crippen LogP contribution is -2.30. The van der Waals surface area contributed by atoms with Gasteiger partial charge < -0.3 is 14.2 Å². The molecule has 1 amide bonds. The number of fused-ring (bicyclic) bond motifs is 1. The summed E-state index contributed by atoms with van der Waals surface area (Å²) >= 11 is 1.37. The second-order valence-electron chi connectivity index (χ2n) is 5.99. The molecule has 140 valence electrons. The first-order chi connectivity index (χ1) is 12.9. The van der Waals surface area contributed by atoms with Crippen LogP contribution in [-0.2, 0) is 11.5 Å². The molecule has 2 heterocycles. The van der Waals surface area contributed by atoms with Crippen molar-refractivity contribution in [3.05, 3.63) is 60.4 Å². The molecule has 1 aliphatic rings. The van der Waals surface area contributed by atoms with Crippen molar-refractivity contribution in [2.45, 2.75) is 18.4 Å². The lowest BCUT2D eigenvalue weighted by atomic mass is 10.2. The predicted molar refractivity (Wildman–Crippen MR) is 94.9 cm³/mol. The highest BCUT2D eigenvalue weighted by atomic mass is 32.2. The van der Waals surface area contributed by atoms with Crippen LogP contribution in [0.4, 0.5) is 13.2 Å². The minimum Gasteiger partial charge on any atom is -0.406 e. The summed E-state index contributed by atoms with van der Waals surface area (Å²) in [7, 11) is 0. The van der Waals surface area contributed by atoms with Crippen LogP contribution in [0.1, 0.15) is 10.9 Å². The molecule has 1 unspecified atom stereocenters. The number of aromatic nitrogens is 2. The summed E-state index contributed by atoms with van der Waals surface area (Å²) in [5.41, 5.74) is 2.28. The Bertz CT molecular complexity index is 989. The Balaban J connectivity index is 1.61. The van der Waals surface area contributed by atoms with Gasteiger partial charge in [0.25, 0.3) is 0 Å². The Hall–Kier alpha value is -2.68. The third-order valence-electron chi connectivity index (χ3n) is 4.18. The Labute approximate surface area is 156 Å². The van der Waals surface area contributed by atoms with Gasteiger partial charge in [-0.25, -0.2) is 4.98 Å². The zero-order valence-corrected chi connectivity index (χ0v) is 14.7. The number of thioether (sulfide) groups is 1.